The summed E-state index contributed by atoms with van der Waals surface area (Å²) < 4.78 is 37.3. The lowest BCUT2D eigenvalue weighted by atomic mass is 10.1. The SMILES string of the molecule is N#Cc1ccc(C(=O)N2CCN(C(=O)[C@@H]3CCCN3OC(=O)C(F)(F)F)CC2)cc1. The van der Waals surface area contributed by atoms with Gasteiger partial charge in [0.2, 0.25) is 5.91 Å². The van der Waals surface area contributed by atoms with Crippen molar-refractivity contribution < 1.29 is 32.4 Å². The molecule has 2 aliphatic heterocycles. The lowest BCUT2D eigenvalue weighted by Crippen LogP contribution is -2.55. The number of nitriles is 1. The molecular formula is C19H19F3N4O4. The van der Waals surface area contributed by atoms with Crippen LogP contribution in [0.4, 0.5) is 13.2 Å². The van der Waals surface area contributed by atoms with E-state index in [4.69, 9.17) is 5.26 Å². The van der Waals surface area contributed by atoms with Gasteiger partial charge >= 0.3 is 12.1 Å². The number of amides is 2. The topological polar surface area (TPSA) is 93.9 Å². The monoisotopic (exact) mass is 424 g/mol. The first-order valence-electron chi connectivity index (χ1n) is 9.34. The van der Waals surface area contributed by atoms with Crippen LogP contribution in [-0.4, -0.2) is 77.6 Å². The van der Waals surface area contributed by atoms with E-state index in [-0.39, 0.29) is 45.1 Å². The Labute approximate surface area is 170 Å². The number of hydrogen-bond donors (Lipinski definition) is 0. The van der Waals surface area contributed by atoms with Crippen molar-refractivity contribution in [3.05, 3.63) is 35.4 Å². The third kappa shape index (κ3) is 4.71. The van der Waals surface area contributed by atoms with Crippen molar-refractivity contribution in [3.8, 4) is 6.07 Å². The summed E-state index contributed by atoms with van der Waals surface area (Å²) in [6.07, 6.45) is -4.42. The first kappa shape index (κ1) is 21.6. The number of hydrogen-bond acceptors (Lipinski definition) is 6. The zero-order valence-electron chi connectivity index (χ0n) is 15.9. The van der Waals surface area contributed by atoms with Gasteiger partial charge < -0.3 is 14.6 Å². The van der Waals surface area contributed by atoms with Crippen molar-refractivity contribution in [2.75, 3.05) is 32.7 Å². The van der Waals surface area contributed by atoms with Crippen molar-refractivity contribution in [3.63, 3.8) is 0 Å². The van der Waals surface area contributed by atoms with Crippen molar-refractivity contribution in [1.82, 2.24) is 14.9 Å². The van der Waals surface area contributed by atoms with Crippen LogP contribution in [-0.2, 0) is 14.4 Å². The largest absolute Gasteiger partial charge is 0.492 e. The van der Waals surface area contributed by atoms with Crippen LogP contribution in [0.15, 0.2) is 24.3 Å². The van der Waals surface area contributed by atoms with Gasteiger partial charge in [-0.2, -0.15) is 18.4 Å². The highest BCUT2D eigenvalue weighted by molar-refractivity contribution is 5.94. The fourth-order valence-corrected chi connectivity index (χ4v) is 3.47. The molecule has 0 spiro atoms. The van der Waals surface area contributed by atoms with Crippen LogP contribution in [0.1, 0.15) is 28.8 Å². The Hall–Kier alpha value is -3.13. The van der Waals surface area contributed by atoms with Crippen molar-refractivity contribution >= 4 is 17.8 Å². The van der Waals surface area contributed by atoms with E-state index in [0.717, 1.165) is 5.06 Å². The van der Waals surface area contributed by atoms with Crippen LogP contribution >= 0.6 is 0 Å². The van der Waals surface area contributed by atoms with Crippen LogP contribution < -0.4 is 0 Å². The molecule has 2 amide bonds. The Morgan fingerprint density at radius 1 is 1.00 bits per heavy atom. The van der Waals surface area contributed by atoms with E-state index < -0.39 is 24.1 Å². The van der Waals surface area contributed by atoms with E-state index in [0.29, 0.717) is 17.5 Å². The molecule has 0 unspecified atom stereocenters. The standard InChI is InChI=1S/C19H19F3N4O4/c20-19(21,22)18(29)30-26-7-1-2-15(26)17(28)25-10-8-24(9-11-25)16(27)14-5-3-13(12-23)4-6-14/h3-6,15H,1-2,7-11H2/t15-/m0/s1. The smallest absolute Gasteiger partial charge is 0.360 e. The molecule has 8 nitrogen and oxygen atoms in total. The number of benzene rings is 1. The summed E-state index contributed by atoms with van der Waals surface area (Å²) in [6.45, 7) is 1.02. The maximum absolute atomic E-state index is 12.7. The molecular weight excluding hydrogens is 405 g/mol. The molecule has 1 aromatic carbocycles. The number of alkyl halides is 3. The van der Waals surface area contributed by atoms with Crippen LogP contribution in [0, 0.1) is 11.3 Å². The summed E-state index contributed by atoms with van der Waals surface area (Å²) in [5, 5.41) is 9.62. The van der Waals surface area contributed by atoms with Gasteiger partial charge in [0, 0.05) is 38.3 Å². The van der Waals surface area contributed by atoms with E-state index >= 15 is 0 Å². The molecule has 3 rings (SSSR count). The molecule has 2 aliphatic rings. The lowest BCUT2D eigenvalue weighted by Gasteiger charge is -2.37. The van der Waals surface area contributed by atoms with Crippen LogP contribution in [0.2, 0.25) is 0 Å². The highest BCUT2D eigenvalue weighted by Crippen LogP contribution is 2.24. The van der Waals surface area contributed by atoms with Crippen molar-refractivity contribution in [2.45, 2.75) is 25.1 Å². The maximum atomic E-state index is 12.7. The van der Waals surface area contributed by atoms with Gasteiger partial charge in [-0.25, -0.2) is 4.79 Å². The highest BCUT2D eigenvalue weighted by atomic mass is 19.4. The first-order chi connectivity index (χ1) is 14.2. The molecule has 2 fully saturated rings. The second kappa shape index (κ2) is 8.71. The minimum Gasteiger partial charge on any atom is -0.360 e. The van der Waals surface area contributed by atoms with Gasteiger partial charge in [-0.05, 0) is 37.1 Å². The number of hydroxylamine groups is 2. The van der Waals surface area contributed by atoms with Crippen molar-refractivity contribution in [2.24, 2.45) is 0 Å². The van der Waals surface area contributed by atoms with Crippen LogP contribution in [0.3, 0.4) is 0 Å². The highest BCUT2D eigenvalue weighted by Gasteiger charge is 2.45. The maximum Gasteiger partial charge on any atom is 0.492 e. The summed E-state index contributed by atoms with van der Waals surface area (Å²) in [7, 11) is 0. The van der Waals surface area contributed by atoms with E-state index in [1.807, 2.05) is 6.07 Å². The summed E-state index contributed by atoms with van der Waals surface area (Å²) in [4.78, 5) is 43.8. The number of halogens is 3. The molecule has 2 heterocycles. The summed E-state index contributed by atoms with van der Waals surface area (Å²) in [6, 6.07) is 7.22. The molecule has 0 aliphatic carbocycles. The molecule has 160 valence electrons. The molecule has 0 bridgehead atoms. The van der Waals surface area contributed by atoms with E-state index in [9.17, 15) is 27.6 Å². The van der Waals surface area contributed by atoms with Gasteiger partial charge in [-0.3, -0.25) is 9.59 Å². The van der Waals surface area contributed by atoms with E-state index in [2.05, 4.69) is 4.84 Å². The molecule has 0 aromatic heterocycles. The predicted octanol–water partition coefficient (Wildman–Crippen LogP) is 1.33. The fraction of sp³-hybridized carbons (Fsp3) is 0.474. The molecule has 0 radical (unpaired) electrons. The third-order valence-corrected chi connectivity index (χ3v) is 5.06. The Morgan fingerprint density at radius 2 is 1.60 bits per heavy atom. The molecule has 2 saturated heterocycles. The Bertz CT molecular complexity index is 858. The summed E-state index contributed by atoms with van der Waals surface area (Å²) >= 11 is 0. The Morgan fingerprint density at radius 3 is 2.17 bits per heavy atom. The molecule has 0 saturated carbocycles. The normalized spacial score (nSPS) is 20.0. The summed E-state index contributed by atoms with van der Waals surface area (Å²) in [5.41, 5.74) is 0.865. The quantitative estimate of drug-likeness (QED) is 0.727. The van der Waals surface area contributed by atoms with Gasteiger partial charge in [-0.15, -0.1) is 5.06 Å². The van der Waals surface area contributed by atoms with Gasteiger partial charge in [-0.1, -0.05) is 0 Å². The second-order valence-corrected chi connectivity index (χ2v) is 6.98. The molecule has 1 atom stereocenters. The molecule has 11 heteroatoms. The molecule has 1 aromatic rings. The molecule has 0 N–H and O–H groups in total. The zero-order chi connectivity index (χ0) is 21.9. The van der Waals surface area contributed by atoms with Crippen LogP contribution in [0.5, 0.6) is 0 Å². The average Bonchev–Trinajstić information content (AvgIpc) is 3.20. The lowest BCUT2D eigenvalue weighted by molar-refractivity contribution is -0.241. The minimum absolute atomic E-state index is 0.0510. The number of piperazine rings is 1. The Kier molecular flexibility index (Phi) is 6.26. The van der Waals surface area contributed by atoms with Gasteiger partial charge in [0.1, 0.15) is 6.04 Å². The van der Waals surface area contributed by atoms with Gasteiger partial charge in [0.05, 0.1) is 11.6 Å². The molecule has 30 heavy (non-hydrogen) atoms. The Balaban J connectivity index is 1.56. The first-order valence-corrected chi connectivity index (χ1v) is 9.34. The van der Waals surface area contributed by atoms with Gasteiger partial charge in [0.25, 0.3) is 5.91 Å². The van der Waals surface area contributed by atoms with E-state index in [1.165, 1.54) is 4.90 Å². The van der Waals surface area contributed by atoms with Crippen molar-refractivity contribution in [1.29, 1.82) is 5.26 Å². The average molecular weight is 424 g/mol. The fourth-order valence-electron chi connectivity index (χ4n) is 3.47. The number of carbonyl (C=O) groups is 3. The predicted molar refractivity (Wildman–Crippen MR) is 95.5 cm³/mol. The number of rotatable bonds is 3. The van der Waals surface area contributed by atoms with Gasteiger partial charge in [0.15, 0.2) is 0 Å². The number of carbonyl (C=O) groups excluding carboxylic acids is 3. The third-order valence-electron chi connectivity index (χ3n) is 5.06. The zero-order valence-corrected chi connectivity index (χ0v) is 15.9. The minimum atomic E-state index is -5.13. The van der Waals surface area contributed by atoms with Crippen LogP contribution in [0.25, 0.3) is 0 Å². The summed E-state index contributed by atoms with van der Waals surface area (Å²) in [5.74, 6) is -3.00. The number of nitrogens with zero attached hydrogens (tertiary/aromatic N) is 4. The second-order valence-electron chi connectivity index (χ2n) is 6.98. The van der Waals surface area contributed by atoms with E-state index in [1.54, 1.807) is 29.2 Å².